The highest BCUT2D eigenvalue weighted by Crippen LogP contribution is 2.27. The van der Waals surface area contributed by atoms with Gasteiger partial charge in [-0.2, -0.15) is 0 Å². The highest BCUT2D eigenvalue weighted by molar-refractivity contribution is 5.86. The summed E-state index contributed by atoms with van der Waals surface area (Å²) in [4.78, 5) is 10.8. The molecule has 0 radical (unpaired) electrons. The fourth-order valence-electron chi connectivity index (χ4n) is 2.61. The van der Waals surface area contributed by atoms with Gasteiger partial charge in [0.15, 0.2) is 0 Å². The molecule has 1 fully saturated rings. The number of nitrogens with one attached hydrogen (secondary N) is 1. The minimum Gasteiger partial charge on any atom is -0.478 e. The summed E-state index contributed by atoms with van der Waals surface area (Å²) in [7, 11) is 0. The van der Waals surface area contributed by atoms with E-state index < -0.39 is 5.97 Å². The molecule has 0 aliphatic heterocycles. The van der Waals surface area contributed by atoms with Crippen LogP contribution in [0.25, 0.3) is 0 Å². The monoisotopic (exact) mass is 239 g/mol. The third-order valence-corrected chi connectivity index (χ3v) is 3.63. The first-order valence-corrected chi connectivity index (χ1v) is 6.76. The van der Waals surface area contributed by atoms with Gasteiger partial charge in [-0.25, -0.2) is 4.79 Å². The van der Waals surface area contributed by atoms with Crippen LogP contribution >= 0.6 is 0 Å². The normalized spacial score (nSPS) is 25.9. The zero-order valence-electron chi connectivity index (χ0n) is 11.0. The van der Waals surface area contributed by atoms with Crippen LogP contribution in [-0.2, 0) is 4.79 Å². The van der Waals surface area contributed by atoms with E-state index in [9.17, 15) is 4.79 Å². The summed E-state index contributed by atoms with van der Waals surface area (Å²) in [6, 6.07) is 0. The Balaban J connectivity index is 2.21. The highest BCUT2D eigenvalue weighted by atomic mass is 16.4. The second-order valence-electron chi connectivity index (χ2n) is 5.18. The van der Waals surface area contributed by atoms with Gasteiger partial charge in [-0.1, -0.05) is 32.8 Å². The Bertz CT molecular complexity index is 273. The van der Waals surface area contributed by atoms with Gasteiger partial charge in [-0.05, 0) is 37.6 Å². The van der Waals surface area contributed by atoms with Crippen molar-refractivity contribution in [3.63, 3.8) is 0 Å². The lowest BCUT2D eigenvalue weighted by Crippen LogP contribution is -2.27. The van der Waals surface area contributed by atoms with E-state index in [2.05, 4.69) is 12.2 Å². The standard InChI is InChI=1S/C14H25NO2/c1-3-13(14(16)17)7-8-15-10-12-6-4-5-11(2)9-12/h7,11-12,15H,3-6,8-10H2,1-2H3,(H,16,17). The summed E-state index contributed by atoms with van der Waals surface area (Å²) >= 11 is 0. The molecule has 1 aliphatic carbocycles. The number of carboxylic acid groups (broad SMARTS) is 1. The van der Waals surface area contributed by atoms with E-state index in [4.69, 9.17) is 5.11 Å². The molecule has 0 heterocycles. The topological polar surface area (TPSA) is 49.3 Å². The van der Waals surface area contributed by atoms with E-state index in [0.29, 0.717) is 18.5 Å². The van der Waals surface area contributed by atoms with Crippen molar-refractivity contribution in [2.24, 2.45) is 11.8 Å². The largest absolute Gasteiger partial charge is 0.478 e. The number of carboxylic acids is 1. The Hall–Kier alpha value is -0.830. The van der Waals surface area contributed by atoms with Crippen LogP contribution in [0.1, 0.15) is 46.0 Å². The predicted molar refractivity (Wildman–Crippen MR) is 70.0 cm³/mol. The summed E-state index contributed by atoms with van der Waals surface area (Å²) in [5, 5.41) is 12.2. The van der Waals surface area contributed by atoms with E-state index >= 15 is 0 Å². The summed E-state index contributed by atoms with van der Waals surface area (Å²) < 4.78 is 0. The van der Waals surface area contributed by atoms with Crippen molar-refractivity contribution in [3.05, 3.63) is 11.6 Å². The molecule has 17 heavy (non-hydrogen) atoms. The average Bonchev–Trinajstić information content (AvgIpc) is 2.28. The molecule has 2 N–H and O–H groups in total. The highest BCUT2D eigenvalue weighted by Gasteiger charge is 2.17. The van der Waals surface area contributed by atoms with Gasteiger partial charge in [-0.15, -0.1) is 0 Å². The van der Waals surface area contributed by atoms with Gasteiger partial charge in [0.25, 0.3) is 0 Å². The summed E-state index contributed by atoms with van der Waals surface area (Å²) in [6.07, 6.45) is 7.75. The van der Waals surface area contributed by atoms with Gasteiger partial charge in [0.05, 0.1) is 0 Å². The van der Waals surface area contributed by atoms with Crippen molar-refractivity contribution >= 4 is 5.97 Å². The molecular formula is C14H25NO2. The lowest BCUT2D eigenvalue weighted by Gasteiger charge is -2.26. The minimum absolute atomic E-state index is 0.509. The molecule has 0 spiro atoms. The summed E-state index contributed by atoms with van der Waals surface area (Å²) in [6.45, 7) is 5.91. The van der Waals surface area contributed by atoms with E-state index in [0.717, 1.165) is 18.4 Å². The van der Waals surface area contributed by atoms with Crippen LogP contribution in [0.2, 0.25) is 0 Å². The molecule has 2 atom stereocenters. The maximum Gasteiger partial charge on any atom is 0.331 e. The van der Waals surface area contributed by atoms with Crippen molar-refractivity contribution in [1.29, 1.82) is 0 Å². The van der Waals surface area contributed by atoms with Crippen LogP contribution in [0, 0.1) is 11.8 Å². The van der Waals surface area contributed by atoms with Crippen molar-refractivity contribution in [1.82, 2.24) is 5.32 Å². The summed E-state index contributed by atoms with van der Waals surface area (Å²) in [5.41, 5.74) is 0.509. The number of aliphatic carboxylic acids is 1. The number of hydrogen-bond donors (Lipinski definition) is 2. The third kappa shape index (κ3) is 5.35. The minimum atomic E-state index is -0.791. The van der Waals surface area contributed by atoms with Gasteiger partial charge in [-0.3, -0.25) is 0 Å². The molecule has 1 saturated carbocycles. The van der Waals surface area contributed by atoms with Gasteiger partial charge in [0, 0.05) is 12.1 Å². The molecule has 3 heteroatoms. The molecule has 1 aliphatic rings. The second kappa shape index (κ2) is 7.49. The zero-order chi connectivity index (χ0) is 12.7. The lowest BCUT2D eigenvalue weighted by molar-refractivity contribution is -0.132. The fraction of sp³-hybridized carbons (Fsp3) is 0.786. The van der Waals surface area contributed by atoms with Crippen LogP contribution in [-0.4, -0.2) is 24.2 Å². The maximum atomic E-state index is 10.8. The molecule has 0 bridgehead atoms. The summed E-state index contributed by atoms with van der Waals surface area (Å²) in [5.74, 6) is 0.846. The Morgan fingerprint density at radius 1 is 1.47 bits per heavy atom. The molecule has 3 nitrogen and oxygen atoms in total. The molecule has 98 valence electrons. The first-order valence-electron chi connectivity index (χ1n) is 6.76. The van der Waals surface area contributed by atoms with Gasteiger partial charge < -0.3 is 10.4 Å². The first kappa shape index (κ1) is 14.2. The van der Waals surface area contributed by atoms with Gasteiger partial charge in [0.2, 0.25) is 0 Å². The van der Waals surface area contributed by atoms with Crippen molar-refractivity contribution in [2.45, 2.75) is 46.0 Å². The molecule has 0 aromatic heterocycles. The Labute approximate surface area is 104 Å². The molecular weight excluding hydrogens is 214 g/mol. The van der Waals surface area contributed by atoms with E-state index in [-0.39, 0.29) is 0 Å². The average molecular weight is 239 g/mol. The number of hydrogen-bond acceptors (Lipinski definition) is 2. The predicted octanol–water partition coefficient (Wildman–Crippen LogP) is 2.82. The van der Waals surface area contributed by atoms with E-state index in [1.165, 1.54) is 25.7 Å². The van der Waals surface area contributed by atoms with Crippen molar-refractivity contribution in [3.8, 4) is 0 Å². The second-order valence-corrected chi connectivity index (χ2v) is 5.18. The smallest absolute Gasteiger partial charge is 0.331 e. The zero-order valence-corrected chi connectivity index (χ0v) is 11.0. The molecule has 0 aromatic carbocycles. The van der Waals surface area contributed by atoms with Crippen molar-refractivity contribution in [2.75, 3.05) is 13.1 Å². The third-order valence-electron chi connectivity index (χ3n) is 3.63. The van der Waals surface area contributed by atoms with E-state index in [1.807, 2.05) is 6.92 Å². The van der Waals surface area contributed by atoms with Crippen LogP contribution < -0.4 is 5.32 Å². The van der Waals surface area contributed by atoms with Crippen LogP contribution in [0.15, 0.2) is 11.6 Å². The molecule has 0 saturated heterocycles. The quantitative estimate of drug-likeness (QED) is 0.553. The van der Waals surface area contributed by atoms with Crippen molar-refractivity contribution < 1.29 is 9.90 Å². The molecule has 0 aromatic rings. The van der Waals surface area contributed by atoms with Crippen LogP contribution in [0.5, 0.6) is 0 Å². The van der Waals surface area contributed by atoms with Crippen LogP contribution in [0.4, 0.5) is 0 Å². The molecule has 0 amide bonds. The SMILES string of the molecule is CCC(=CCNCC1CCCC(C)C1)C(=O)O. The Morgan fingerprint density at radius 3 is 2.82 bits per heavy atom. The Kier molecular flexibility index (Phi) is 6.27. The van der Waals surface area contributed by atoms with Gasteiger partial charge in [0.1, 0.15) is 0 Å². The van der Waals surface area contributed by atoms with Gasteiger partial charge >= 0.3 is 5.97 Å². The van der Waals surface area contributed by atoms with E-state index in [1.54, 1.807) is 6.08 Å². The molecule has 1 rings (SSSR count). The maximum absolute atomic E-state index is 10.8. The van der Waals surface area contributed by atoms with Crippen LogP contribution in [0.3, 0.4) is 0 Å². The first-order chi connectivity index (χ1) is 8.13. The fourth-order valence-corrected chi connectivity index (χ4v) is 2.61. The number of carbonyl (C=O) groups is 1. The Morgan fingerprint density at radius 2 is 2.24 bits per heavy atom. The molecule has 2 unspecified atom stereocenters. The lowest BCUT2D eigenvalue weighted by atomic mass is 9.82. The number of rotatable bonds is 6.